The van der Waals surface area contributed by atoms with E-state index in [2.05, 4.69) is 48.3 Å². The summed E-state index contributed by atoms with van der Waals surface area (Å²) in [5, 5.41) is 3.43. The van der Waals surface area contributed by atoms with Gasteiger partial charge >= 0.3 is 0 Å². The molecule has 0 bridgehead atoms. The summed E-state index contributed by atoms with van der Waals surface area (Å²) >= 11 is 1.96. The number of benzene rings is 1. The monoisotopic (exact) mass is 250 g/mol. The van der Waals surface area contributed by atoms with Crippen molar-refractivity contribution < 1.29 is 0 Å². The highest BCUT2D eigenvalue weighted by molar-refractivity contribution is 7.99. The van der Waals surface area contributed by atoms with Crippen molar-refractivity contribution in [1.82, 2.24) is 10.2 Å². The van der Waals surface area contributed by atoms with E-state index in [4.69, 9.17) is 0 Å². The molecule has 1 aromatic carbocycles. The predicted octanol–water partition coefficient (Wildman–Crippen LogP) is 2.38. The topological polar surface area (TPSA) is 15.3 Å². The molecule has 0 saturated carbocycles. The molecule has 1 saturated heterocycles. The van der Waals surface area contributed by atoms with Gasteiger partial charge in [-0.3, -0.25) is 4.90 Å². The Morgan fingerprint density at radius 1 is 1.35 bits per heavy atom. The molecule has 1 fully saturated rings. The van der Waals surface area contributed by atoms with Crippen molar-refractivity contribution in [3.63, 3.8) is 0 Å². The van der Waals surface area contributed by atoms with Crippen LogP contribution in [0.2, 0.25) is 0 Å². The first-order chi connectivity index (χ1) is 8.25. The van der Waals surface area contributed by atoms with Gasteiger partial charge in [0.05, 0.1) is 0 Å². The lowest BCUT2D eigenvalue weighted by Gasteiger charge is -2.33. The maximum atomic E-state index is 3.43. The van der Waals surface area contributed by atoms with Crippen LogP contribution in [0.3, 0.4) is 0 Å². The van der Waals surface area contributed by atoms with Gasteiger partial charge in [0.15, 0.2) is 0 Å². The van der Waals surface area contributed by atoms with Crippen LogP contribution in [-0.4, -0.2) is 42.9 Å². The molecule has 0 amide bonds. The van der Waals surface area contributed by atoms with Crippen LogP contribution >= 0.6 is 11.8 Å². The zero-order valence-electron chi connectivity index (χ0n) is 10.8. The molecule has 17 heavy (non-hydrogen) atoms. The summed E-state index contributed by atoms with van der Waals surface area (Å²) in [6.45, 7) is 9.10. The zero-order chi connectivity index (χ0) is 12.1. The second-order valence-electron chi connectivity index (χ2n) is 4.75. The van der Waals surface area contributed by atoms with Gasteiger partial charge in [-0.25, -0.2) is 0 Å². The second-order valence-corrected chi connectivity index (χ2v) is 5.92. The summed E-state index contributed by atoms with van der Waals surface area (Å²) in [7, 11) is 0. The minimum Gasteiger partial charge on any atom is -0.314 e. The lowest BCUT2D eigenvalue weighted by molar-refractivity contribution is 0.185. The Labute approximate surface area is 109 Å². The fourth-order valence-corrected chi connectivity index (χ4v) is 3.02. The second kappa shape index (κ2) is 6.43. The van der Waals surface area contributed by atoms with Crippen LogP contribution in [-0.2, 0) is 0 Å². The third kappa shape index (κ3) is 4.02. The number of aryl methyl sites for hydroxylation is 1. The standard InChI is InChI=1S/C14H22N2S/c1-12-3-5-14(6-4-12)17-10-9-16-8-7-15-11-13(16)2/h3-6,13,15H,7-11H2,1-2H3/t13-/m1/s1. The molecule has 1 atom stereocenters. The van der Waals surface area contributed by atoms with Crippen molar-refractivity contribution in [2.45, 2.75) is 24.8 Å². The number of hydrogen-bond donors (Lipinski definition) is 1. The average Bonchev–Trinajstić information content (AvgIpc) is 2.34. The van der Waals surface area contributed by atoms with Gasteiger partial charge in [-0.05, 0) is 26.0 Å². The van der Waals surface area contributed by atoms with Crippen LogP contribution in [0.5, 0.6) is 0 Å². The van der Waals surface area contributed by atoms with E-state index in [1.807, 2.05) is 11.8 Å². The first kappa shape index (κ1) is 12.9. The molecule has 1 heterocycles. The van der Waals surface area contributed by atoms with Gasteiger partial charge in [0, 0.05) is 42.9 Å². The molecule has 1 aliphatic rings. The molecule has 1 aliphatic heterocycles. The Morgan fingerprint density at radius 2 is 2.12 bits per heavy atom. The summed E-state index contributed by atoms with van der Waals surface area (Å²) in [4.78, 5) is 3.97. The molecule has 0 spiro atoms. The number of thioether (sulfide) groups is 1. The van der Waals surface area contributed by atoms with Gasteiger partial charge in [0.1, 0.15) is 0 Å². The third-order valence-electron chi connectivity index (χ3n) is 3.31. The largest absolute Gasteiger partial charge is 0.314 e. The highest BCUT2D eigenvalue weighted by Gasteiger charge is 2.16. The Bertz CT molecular complexity index is 337. The lowest BCUT2D eigenvalue weighted by Crippen LogP contribution is -2.50. The number of nitrogens with one attached hydrogen (secondary N) is 1. The molecule has 0 aliphatic carbocycles. The number of nitrogens with zero attached hydrogens (tertiary/aromatic N) is 1. The summed E-state index contributed by atoms with van der Waals surface area (Å²) in [5.74, 6) is 1.19. The van der Waals surface area contributed by atoms with E-state index in [0.29, 0.717) is 6.04 Å². The molecule has 1 aromatic rings. The van der Waals surface area contributed by atoms with Crippen LogP contribution in [0.15, 0.2) is 29.2 Å². The van der Waals surface area contributed by atoms with E-state index < -0.39 is 0 Å². The first-order valence-electron chi connectivity index (χ1n) is 6.40. The summed E-state index contributed by atoms with van der Waals surface area (Å²) in [5.41, 5.74) is 1.34. The Hall–Kier alpha value is -0.510. The van der Waals surface area contributed by atoms with Crippen molar-refractivity contribution in [1.29, 1.82) is 0 Å². The Kier molecular flexibility index (Phi) is 4.89. The molecule has 94 valence electrons. The molecule has 0 unspecified atom stereocenters. The van der Waals surface area contributed by atoms with Crippen molar-refractivity contribution in [3.8, 4) is 0 Å². The van der Waals surface area contributed by atoms with Gasteiger partial charge in [-0.15, -0.1) is 11.8 Å². The lowest BCUT2D eigenvalue weighted by atomic mass is 10.2. The van der Waals surface area contributed by atoms with E-state index in [9.17, 15) is 0 Å². The first-order valence-corrected chi connectivity index (χ1v) is 7.38. The fourth-order valence-electron chi connectivity index (χ4n) is 2.13. The van der Waals surface area contributed by atoms with Crippen molar-refractivity contribution in [2.24, 2.45) is 0 Å². The minimum atomic E-state index is 0.683. The van der Waals surface area contributed by atoms with Gasteiger partial charge in [0.2, 0.25) is 0 Å². The zero-order valence-corrected chi connectivity index (χ0v) is 11.6. The van der Waals surface area contributed by atoms with Gasteiger partial charge in [-0.1, -0.05) is 17.7 Å². The van der Waals surface area contributed by atoms with Crippen LogP contribution in [0.25, 0.3) is 0 Å². The Balaban J connectivity index is 1.73. The van der Waals surface area contributed by atoms with Gasteiger partial charge in [-0.2, -0.15) is 0 Å². The van der Waals surface area contributed by atoms with E-state index >= 15 is 0 Å². The van der Waals surface area contributed by atoms with Crippen LogP contribution < -0.4 is 5.32 Å². The summed E-state index contributed by atoms with van der Waals surface area (Å²) in [6, 6.07) is 9.51. The summed E-state index contributed by atoms with van der Waals surface area (Å²) in [6.07, 6.45) is 0. The Morgan fingerprint density at radius 3 is 2.82 bits per heavy atom. The predicted molar refractivity (Wildman–Crippen MR) is 75.8 cm³/mol. The maximum absolute atomic E-state index is 3.43. The van der Waals surface area contributed by atoms with Crippen molar-refractivity contribution >= 4 is 11.8 Å². The maximum Gasteiger partial charge on any atom is 0.0193 e. The van der Waals surface area contributed by atoms with E-state index in [0.717, 1.165) is 13.1 Å². The van der Waals surface area contributed by atoms with Crippen LogP contribution in [0, 0.1) is 6.92 Å². The van der Waals surface area contributed by atoms with Crippen molar-refractivity contribution in [2.75, 3.05) is 31.9 Å². The molecule has 3 heteroatoms. The van der Waals surface area contributed by atoms with Gasteiger partial charge < -0.3 is 5.32 Å². The smallest absolute Gasteiger partial charge is 0.0193 e. The number of rotatable bonds is 4. The van der Waals surface area contributed by atoms with Crippen LogP contribution in [0.1, 0.15) is 12.5 Å². The average molecular weight is 250 g/mol. The van der Waals surface area contributed by atoms with E-state index in [1.165, 1.54) is 29.3 Å². The number of hydrogen-bond acceptors (Lipinski definition) is 3. The minimum absolute atomic E-state index is 0.683. The number of piperazine rings is 1. The fraction of sp³-hybridized carbons (Fsp3) is 0.571. The normalized spacial score (nSPS) is 21.6. The van der Waals surface area contributed by atoms with E-state index in [1.54, 1.807) is 0 Å². The molecule has 1 N–H and O–H groups in total. The highest BCUT2D eigenvalue weighted by atomic mass is 32.2. The SMILES string of the molecule is Cc1ccc(SCCN2CCNC[C@H]2C)cc1. The summed E-state index contributed by atoms with van der Waals surface area (Å²) < 4.78 is 0. The van der Waals surface area contributed by atoms with E-state index in [-0.39, 0.29) is 0 Å². The molecular weight excluding hydrogens is 228 g/mol. The molecule has 0 radical (unpaired) electrons. The van der Waals surface area contributed by atoms with Crippen LogP contribution in [0.4, 0.5) is 0 Å². The molecule has 2 nitrogen and oxygen atoms in total. The molecule has 2 rings (SSSR count). The quantitative estimate of drug-likeness (QED) is 0.826. The molecular formula is C14H22N2S. The third-order valence-corrected chi connectivity index (χ3v) is 4.30. The van der Waals surface area contributed by atoms with Crippen molar-refractivity contribution in [3.05, 3.63) is 29.8 Å². The highest BCUT2D eigenvalue weighted by Crippen LogP contribution is 2.18. The molecule has 0 aromatic heterocycles. The van der Waals surface area contributed by atoms with Gasteiger partial charge in [0.25, 0.3) is 0 Å².